The van der Waals surface area contributed by atoms with Gasteiger partial charge in [0, 0.05) is 12.3 Å². The highest BCUT2D eigenvalue weighted by molar-refractivity contribution is 9.09. The molecule has 5 heteroatoms. The Morgan fingerprint density at radius 1 is 1.44 bits per heavy atom. The normalized spacial score (nSPS) is 11.1. The summed E-state index contributed by atoms with van der Waals surface area (Å²) in [5, 5.41) is 4.57. The molecular weight excluding hydrogens is 272 g/mol. The van der Waals surface area contributed by atoms with Crippen molar-refractivity contribution in [3.63, 3.8) is 0 Å². The Balaban J connectivity index is 2.86. The maximum Gasteiger partial charge on any atom is 0.236 e. The van der Waals surface area contributed by atoms with Crippen LogP contribution in [0, 0.1) is 0 Å². The molecule has 86 valence electrons. The average Bonchev–Trinajstić information content (AvgIpc) is 2.30. The van der Waals surface area contributed by atoms with E-state index in [2.05, 4.69) is 26.5 Å². The second-order valence-corrected chi connectivity index (χ2v) is 3.65. The fourth-order valence-electron chi connectivity index (χ4n) is 1.10. The summed E-state index contributed by atoms with van der Waals surface area (Å²) in [6.45, 7) is 1.42. The Morgan fingerprint density at radius 3 is 2.50 bits per heavy atom. The fraction of sp³-hybridized carbons (Fsp3) is 0.273. The van der Waals surface area contributed by atoms with Crippen LogP contribution in [0.4, 0.5) is 0 Å². The van der Waals surface area contributed by atoms with Crippen molar-refractivity contribution in [1.82, 2.24) is 5.43 Å². The number of hydrogen-bond donors (Lipinski definition) is 1. The summed E-state index contributed by atoms with van der Waals surface area (Å²) in [5.74, 6) is 0.601. The van der Waals surface area contributed by atoms with Gasteiger partial charge >= 0.3 is 0 Å². The predicted molar refractivity (Wildman–Crippen MR) is 67.1 cm³/mol. The molecule has 0 saturated carbocycles. The van der Waals surface area contributed by atoms with Crippen molar-refractivity contribution < 1.29 is 9.53 Å². The van der Waals surface area contributed by atoms with Gasteiger partial charge in [0.1, 0.15) is 5.75 Å². The summed E-state index contributed by atoms with van der Waals surface area (Å²) < 4.78 is 5.06. The van der Waals surface area contributed by atoms with Gasteiger partial charge in [0.25, 0.3) is 0 Å². The van der Waals surface area contributed by atoms with E-state index >= 15 is 0 Å². The van der Waals surface area contributed by atoms with Crippen LogP contribution in [0.3, 0.4) is 0 Å². The lowest BCUT2D eigenvalue weighted by Crippen LogP contribution is -2.17. The highest BCUT2D eigenvalue weighted by Crippen LogP contribution is 2.12. The van der Waals surface area contributed by atoms with Crippen molar-refractivity contribution >= 4 is 27.5 Å². The van der Waals surface area contributed by atoms with Crippen LogP contribution in [0.1, 0.15) is 12.5 Å². The van der Waals surface area contributed by atoms with Crippen molar-refractivity contribution in [2.24, 2.45) is 5.10 Å². The van der Waals surface area contributed by atoms with Crippen LogP contribution in [0.15, 0.2) is 29.4 Å². The highest BCUT2D eigenvalue weighted by atomic mass is 79.9. The minimum Gasteiger partial charge on any atom is -0.497 e. The molecule has 0 atom stereocenters. The summed E-state index contributed by atoms with van der Waals surface area (Å²) in [7, 11) is 1.62. The number of hydrazone groups is 1. The standard InChI is InChI=1S/C11H13BrN2O2/c1-8(15)13-14-11(7-12)9-3-5-10(16-2)6-4-9/h3-6H,7H2,1-2H3,(H,13,15)/b14-11+. The van der Waals surface area contributed by atoms with Gasteiger partial charge in [-0.15, -0.1) is 0 Å². The number of nitrogens with zero attached hydrogens (tertiary/aromatic N) is 1. The molecular formula is C11H13BrN2O2. The molecule has 4 nitrogen and oxygen atoms in total. The number of carbonyl (C=O) groups excluding carboxylic acids is 1. The maximum atomic E-state index is 10.7. The molecule has 0 radical (unpaired) electrons. The Bertz CT molecular complexity index is 387. The molecule has 0 unspecified atom stereocenters. The molecule has 0 saturated heterocycles. The zero-order valence-electron chi connectivity index (χ0n) is 9.16. The first kappa shape index (κ1) is 12.7. The van der Waals surface area contributed by atoms with Crippen LogP contribution < -0.4 is 10.2 Å². The highest BCUT2D eigenvalue weighted by Gasteiger charge is 2.02. The molecule has 16 heavy (non-hydrogen) atoms. The van der Waals surface area contributed by atoms with Crippen molar-refractivity contribution in [2.45, 2.75) is 6.92 Å². The van der Waals surface area contributed by atoms with Crippen LogP contribution in [0.25, 0.3) is 0 Å². The van der Waals surface area contributed by atoms with Crippen molar-refractivity contribution in [3.05, 3.63) is 29.8 Å². The number of methoxy groups -OCH3 is 1. The number of ether oxygens (including phenoxy) is 1. The van der Waals surface area contributed by atoms with E-state index in [1.165, 1.54) is 6.92 Å². The van der Waals surface area contributed by atoms with E-state index in [9.17, 15) is 4.79 Å². The van der Waals surface area contributed by atoms with Gasteiger partial charge in [-0.2, -0.15) is 5.10 Å². The van der Waals surface area contributed by atoms with Crippen molar-refractivity contribution in [3.8, 4) is 5.75 Å². The number of rotatable bonds is 4. The average molecular weight is 285 g/mol. The first-order valence-electron chi connectivity index (χ1n) is 4.71. The molecule has 1 amide bonds. The number of hydrogen-bond acceptors (Lipinski definition) is 3. The van der Waals surface area contributed by atoms with E-state index in [1.54, 1.807) is 7.11 Å². The lowest BCUT2D eigenvalue weighted by atomic mass is 10.1. The third-order valence-electron chi connectivity index (χ3n) is 1.90. The maximum absolute atomic E-state index is 10.7. The Kier molecular flexibility index (Phi) is 4.98. The number of halogens is 1. The molecule has 0 aliphatic heterocycles. The van der Waals surface area contributed by atoms with E-state index in [4.69, 9.17) is 4.74 Å². The quantitative estimate of drug-likeness (QED) is 0.522. The molecule has 0 fully saturated rings. The molecule has 1 aromatic carbocycles. The summed E-state index contributed by atoms with van der Waals surface area (Å²) in [4.78, 5) is 10.7. The van der Waals surface area contributed by atoms with Gasteiger partial charge in [-0.3, -0.25) is 4.79 Å². The topological polar surface area (TPSA) is 50.7 Å². The Labute approximate surface area is 103 Å². The zero-order chi connectivity index (χ0) is 12.0. The number of amides is 1. The lowest BCUT2D eigenvalue weighted by molar-refractivity contribution is -0.118. The van der Waals surface area contributed by atoms with E-state index in [1.807, 2.05) is 24.3 Å². The van der Waals surface area contributed by atoms with Gasteiger partial charge in [-0.05, 0) is 29.8 Å². The van der Waals surface area contributed by atoms with E-state index in [-0.39, 0.29) is 5.91 Å². The van der Waals surface area contributed by atoms with Gasteiger partial charge < -0.3 is 4.74 Å². The molecule has 0 aliphatic rings. The Hall–Kier alpha value is -1.36. The van der Waals surface area contributed by atoms with Gasteiger partial charge in [-0.25, -0.2) is 5.43 Å². The number of nitrogens with one attached hydrogen (secondary N) is 1. The summed E-state index contributed by atoms with van der Waals surface area (Å²) >= 11 is 3.32. The molecule has 0 heterocycles. The second kappa shape index (κ2) is 6.27. The molecule has 0 spiro atoms. The number of carbonyl (C=O) groups is 1. The van der Waals surface area contributed by atoms with E-state index in [0.29, 0.717) is 5.33 Å². The van der Waals surface area contributed by atoms with E-state index < -0.39 is 0 Å². The van der Waals surface area contributed by atoms with Crippen LogP contribution >= 0.6 is 15.9 Å². The third-order valence-corrected chi connectivity index (χ3v) is 2.43. The van der Waals surface area contributed by atoms with Crippen LogP contribution in [0.5, 0.6) is 5.75 Å². The SMILES string of the molecule is COc1ccc(/C(CBr)=N/NC(C)=O)cc1. The van der Waals surface area contributed by atoms with Gasteiger partial charge in [0.15, 0.2) is 0 Å². The first-order chi connectivity index (χ1) is 7.67. The lowest BCUT2D eigenvalue weighted by Gasteiger charge is -2.04. The minimum atomic E-state index is -0.188. The number of benzene rings is 1. The van der Waals surface area contributed by atoms with Crippen LogP contribution in [-0.2, 0) is 4.79 Å². The Morgan fingerprint density at radius 2 is 2.06 bits per heavy atom. The summed E-state index contributed by atoms with van der Waals surface area (Å²) in [5.41, 5.74) is 4.11. The van der Waals surface area contributed by atoms with Gasteiger partial charge in [0.2, 0.25) is 5.91 Å². The second-order valence-electron chi connectivity index (χ2n) is 3.09. The van der Waals surface area contributed by atoms with Crippen LogP contribution in [0.2, 0.25) is 0 Å². The number of alkyl halides is 1. The predicted octanol–water partition coefficient (Wildman–Crippen LogP) is 1.93. The monoisotopic (exact) mass is 284 g/mol. The molecule has 0 aromatic heterocycles. The summed E-state index contributed by atoms with van der Waals surface area (Å²) in [6.07, 6.45) is 0. The summed E-state index contributed by atoms with van der Waals surface area (Å²) in [6, 6.07) is 7.48. The molecule has 1 rings (SSSR count). The zero-order valence-corrected chi connectivity index (χ0v) is 10.7. The van der Waals surface area contributed by atoms with Crippen molar-refractivity contribution in [2.75, 3.05) is 12.4 Å². The third kappa shape index (κ3) is 3.66. The molecule has 0 bridgehead atoms. The molecule has 1 N–H and O–H groups in total. The molecule has 0 aliphatic carbocycles. The van der Waals surface area contributed by atoms with Crippen LogP contribution in [-0.4, -0.2) is 24.1 Å². The smallest absolute Gasteiger partial charge is 0.236 e. The molecule has 1 aromatic rings. The first-order valence-corrected chi connectivity index (χ1v) is 5.83. The minimum absolute atomic E-state index is 0.188. The fourth-order valence-corrected chi connectivity index (χ4v) is 1.55. The van der Waals surface area contributed by atoms with Crippen molar-refractivity contribution in [1.29, 1.82) is 0 Å². The van der Waals surface area contributed by atoms with Gasteiger partial charge in [-0.1, -0.05) is 15.9 Å². The van der Waals surface area contributed by atoms with Gasteiger partial charge in [0.05, 0.1) is 12.8 Å². The van der Waals surface area contributed by atoms with E-state index in [0.717, 1.165) is 17.0 Å². The largest absolute Gasteiger partial charge is 0.497 e.